The number of hydrogen-bond donors (Lipinski definition) is 1. The van der Waals surface area contributed by atoms with Crippen LogP contribution >= 0.6 is 50.1 Å². The van der Waals surface area contributed by atoms with Crippen LogP contribution in [0.5, 0.6) is 5.75 Å². The number of nitrogens with one attached hydrogen (secondary N) is 1. The van der Waals surface area contributed by atoms with Gasteiger partial charge in [-0.3, -0.25) is 5.43 Å². The molecular formula is C15H13BrClIN2O. The van der Waals surface area contributed by atoms with E-state index >= 15 is 0 Å². The monoisotopic (exact) mass is 478 g/mol. The summed E-state index contributed by atoms with van der Waals surface area (Å²) in [5.41, 5.74) is 4.59. The summed E-state index contributed by atoms with van der Waals surface area (Å²) in [6.07, 6.45) is 1.72. The molecule has 0 saturated carbocycles. The first-order valence-corrected chi connectivity index (χ1v) is 8.52. The normalized spacial score (nSPS) is 10.9. The number of halogens is 3. The first kappa shape index (κ1) is 16.6. The van der Waals surface area contributed by atoms with E-state index in [2.05, 4.69) is 49.0 Å². The minimum absolute atomic E-state index is 0.608. The predicted octanol–water partition coefficient (Wildman–Crippen LogP) is 5.55. The van der Waals surface area contributed by atoms with Crippen LogP contribution in [0.25, 0.3) is 0 Å². The maximum Gasteiger partial charge on any atom is 0.141 e. The molecule has 21 heavy (non-hydrogen) atoms. The van der Waals surface area contributed by atoms with Gasteiger partial charge in [0, 0.05) is 10.0 Å². The fraction of sp³-hybridized carbons (Fsp3) is 0.133. The molecule has 2 aromatic rings. The van der Waals surface area contributed by atoms with Crippen LogP contribution in [0.2, 0.25) is 5.02 Å². The summed E-state index contributed by atoms with van der Waals surface area (Å²) in [6, 6.07) is 11.4. The molecule has 0 aromatic heterocycles. The van der Waals surface area contributed by atoms with Crippen LogP contribution in [0.3, 0.4) is 0 Å². The summed E-state index contributed by atoms with van der Waals surface area (Å²) in [4.78, 5) is 0. The Balaban J connectivity index is 2.22. The lowest BCUT2D eigenvalue weighted by atomic mass is 10.2. The number of rotatable bonds is 5. The minimum Gasteiger partial charge on any atom is -0.492 e. The molecule has 0 spiro atoms. The molecule has 0 saturated heterocycles. The van der Waals surface area contributed by atoms with Crippen molar-refractivity contribution >= 4 is 62.0 Å². The van der Waals surface area contributed by atoms with E-state index in [-0.39, 0.29) is 0 Å². The van der Waals surface area contributed by atoms with Crippen molar-refractivity contribution in [3.05, 3.63) is 55.0 Å². The number of hydrazone groups is 1. The van der Waals surface area contributed by atoms with Crippen LogP contribution in [0.15, 0.2) is 46.0 Å². The smallest absolute Gasteiger partial charge is 0.141 e. The Kier molecular flexibility index (Phi) is 6.32. The van der Waals surface area contributed by atoms with Gasteiger partial charge in [-0.1, -0.05) is 39.7 Å². The van der Waals surface area contributed by atoms with Gasteiger partial charge in [0.2, 0.25) is 0 Å². The third-order valence-electron chi connectivity index (χ3n) is 2.59. The summed E-state index contributed by atoms with van der Waals surface area (Å²) in [5.74, 6) is 0.825. The second kappa shape index (κ2) is 8.00. The number of nitrogens with zero attached hydrogens (tertiary/aromatic N) is 1. The van der Waals surface area contributed by atoms with Crippen molar-refractivity contribution in [2.75, 3.05) is 12.0 Å². The average Bonchev–Trinajstić information content (AvgIpc) is 2.44. The fourth-order valence-corrected chi connectivity index (χ4v) is 3.58. The Labute approximate surface area is 151 Å². The molecule has 0 unspecified atom stereocenters. The van der Waals surface area contributed by atoms with Crippen molar-refractivity contribution in [3.8, 4) is 5.75 Å². The van der Waals surface area contributed by atoms with E-state index < -0.39 is 0 Å². The third-order valence-corrected chi connectivity index (χ3v) is 4.18. The molecule has 2 rings (SSSR count). The summed E-state index contributed by atoms with van der Waals surface area (Å²) < 4.78 is 7.69. The summed E-state index contributed by atoms with van der Waals surface area (Å²) in [6.45, 7) is 2.57. The lowest BCUT2D eigenvalue weighted by Crippen LogP contribution is -2.00. The zero-order valence-electron chi connectivity index (χ0n) is 11.2. The SMILES string of the molecule is CCOc1c(I)cc(Br)cc1C=NNc1ccccc1Cl. The van der Waals surface area contributed by atoms with Gasteiger partial charge in [0.1, 0.15) is 5.75 Å². The maximum atomic E-state index is 6.07. The zero-order chi connectivity index (χ0) is 15.2. The molecule has 0 amide bonds. The Morgan fingerprint density at radius 1 is 1.38 bits per heavy atom. The van der Waals surface area contributed by atoms with Crippen LogP contribution < -0.4 is 10.2 Å². The van der Waals surface area contributed by atoms with E-state index in [0.29, 0.717) is 11.6 Å². The lowest BCUT2D eigenvalue weighted by Gasteiger charge is -2.10. The van der Waals surface area contributed by atoms with Gasteiger partial charge in [-0.05, 0) is 53.8 Å². The van der Waals surface area contributed by atoms with E-state index in [9.17, 15) is 0 Å². The second-order valence-electron chi connectivity index (χ2n) is 4.09. The summed E-state index contributed by atoms with van der Waals surface area (Å²) in [7, 11) is 0. The number of para-hydroxylation sites is 1. The first-order valence-electron chi connectivity index (χ1n) is 6.27. The molecule has 0 fully saturated rings. The molecule has 0 aliphatic heterocycles. The molecule has 0 radical (unpaired) electrons. The number of ether oxygens (including phenoxy) is 1. The fourth-order valence-electron chi connectivity index (χ4n) is 1.70. The van der Waals surface area contributed by atoms with Gasteiger partial charge in [-0.2, -0.15) is 5.10 Å². The standard InChI is InChI=1S/C15H13BrClIN2O/c1-2-21-15-10(7-11(16)8-13(15)18)9-19-20-14-6-4-3-5-12(14)17/h3-9,20H,2H2,1H3. The highest BCUT2D eigenvalue weighted by molar-refractivity contribution is 14.1. The van der Waals surface area contributed by atoms with E-state index in [1.54, 1.807) is 6.21 Å². The summed E-state index contributed by atoms with van der Waals surface area (Å²) >= 11 is 11.8. The van der Waals surface area contributed by atoms with Crippen LogP contribution in [-0.4, -0.2) is 12.8 Å². The van der Waals surface area contributed by atoms with E-state index in [4.69, 9.17) is 16.3 Å². The second-order valence-corrected chi connectivity index (χ2v) is 6.57. The van der Waals surface area contributed by atoms with Crippen molar-refractivity contribution in [3.63, 3.8) is 0 Å². The molecule has 0 aliphatic carbocycles. The predicted molar refractivity (Wildman–Crippen MR) is 101 cm³/mol. The maximum absolute atomic E-state index is 6.07. The van der Waals surface area contributed by atoms with Crippen LogP contribution in [0.1, 0.15) is 12.5 Å². The molecule has 0 bridgehead atoms. The molecule has 2 aromatic carbocycles. The molecule has 110 valence electrons. The van der Waals surface area contributed by atoms with Crippen LogP contribution in [-0.2, 0) is 0 Å². The van der Waals surface area contributed by atoms with Crippen LogP contribution in [0, 0.1) is 3.57 Å². The van der Waals surface area contributed by atoms with Gasteiger partial charge in [0.15, 0.2) is 0 Å². The Morgan fingerprint density at radius 2 is 2.14 bits per heavy atom. The highest BCUT2D eigenvalue weighted by Gasteiger charge is 2.08. The topological polar surface area (TPSA) is 33.6 Å². The quantitative estimate of drug-likeness (QED) is 0.347. The molecular weight excluding hydrogens is 466 g/mol. The number of benzene rings is 2. The molecule has 0 heterocycles. The van der Waals surface area contributed by atoms with Crippen molar-refractivity contribution in [2.45, 2.75) is 6.92 Å². The van der Waals surface area contributed by atoms with Gasteiger partial charge in [0.05, 0.1) is 27.1 Å². The minimum atomic E-state index is 0.608. The lowest BCUT2D eigenvalue weighted by molar-refractivity contribution is 0.337. The molecule has 1 N–H and O–H groups in total. The number of anilines is 1. The zero-order valence-corrected chi connectivity index (χ0v) is 15.7. The van der Waals surface area contributed by atoms with E-state index in [1.165, 1.54) is 0 Å². The molecule has 3 nitrogen and oxygen atoms in total. The largest absolute Gasteiger partial charge is 0.492 e. The Bertz CT molecular complexity index is 664. The van der Waals surface area contributed by atoms with Gasteiger partial charge < -0.3 is 4.74 Å². The third kappa shape index (κ3) is 4.59. The first-order chi connectivity index (χ1) is 10.1. The van der Waals surface area contributed by atoms with Gasteiger partial charge in [0.25, 0.3) is 0 Å². The summed E-state index contributed by atoms with van der Waals surface area (Å²) in [5, 5.41) is 4.86. The average molecular weight is 480 g/mol. The Morgan fingerprint density at radius 3 is 2.86 bits per heavy atom. The van der Waals surface area contributed by atoms with Crippen molar-refractivity contribution < 1.29 is 4.74 Å². The van der Waals surface area contributed by atoms with Gasteiger partial charge in [-0.15, -0.1) is 0 Å². The van der Waals surface area contributed by atoms with Gasteiger partial charge >= 0.3 is 0 Å². The van der Waals surface area contributed by atoms with Crippen molar-refractivity contribution in [2.24, 2.45) is 5.10 Å². The van der Waals surface area contributed by atoms with E-state index in [0.717, 1.165) is 25.0 Å². The highest BCUT2D eigenvalue weighted by Crippen LogP contribution is 2.29. The van der Waals surface area contributed by atoms with E-state index in [1.807, 2.05) is 43.3 Å². The van der Waals surface area contributed by atoms with Gasteiger partial charge in [-0.25, -0.2) is 0 Å². The number of hydrogen-bond acceptors (Lipinski definition) is 3. The molecule has 0 aliphatic rings. The van der Waals surface area contributed by atoms with Crippen LogP contribution in [0.4, 0.5) is 5.69 Å². The Hall–Kier alpha value is -0.790. The molecule has 0 atom stereocenters. The molecule has 6 heteroatoms. The highest BCUT2D eigenvalue weighted by atomic mass is 127. The van der Waals surface area contributed by atoms with Crippen molar-refractivity contribution in [1.29, 1.82) is 0 Å². The van der Waals surface area contributed by atoms with Crippen molar-refractivity contribution in [1.82, 2.24) is 0 Å².